The number of hydrogen-bond donors (Lipinski definition) is 0. The van der Waals surface area contributed by atoms with E-state index < -0.39 is 0 Å². The number of amides is 1. The normalized spacial score (nSPS) is 24.8. The van der Waals surface area contributed by atoms with Crippen LogP contribution in [0.2, 0.25) is 0 Å². The van der Waals surface area contributed by atoms with Crippen LogP contribution in [0.4, 0.5) is 0 Å². The molecule has 25 heavy (non-hydrogen) atoms. The summed E-state index contributed by atoms with van der Waals surface area (Å²) < 4.78 is 7.87. The van der Waals surface area contributed by atoms with Gasteiger partial charge in [0.25, 0.3) is 0 Å². The Bertz CT molecular complexity index is 839. The van der Waals surface area contributed by atoms with E-state index >= 15 is 0 Å². The van der Waals surface area contributed by atoms with Crippen molar-refractivity contribution in [1.82, 2.24) is 14.5 Å². The van der Waals surface area contributed by atoms with Crippen LogP contribution in [0.25, 0.3) is 11.3 Å². The van der Waals surface area contributed by atoms with E-state index in [1.165, 1.54) is 0 Å². The number of carbonyl (C=O) groups is 1. The first-order valence-corrected chi connectivity index (χ1v) is 9.20. The van der Waals surface area contributed by atoms with Gasteiger partial charge in [0, 0.05) is 36.5 Å². The van der Waals surface area contributed by atoms with Crippen molar-refractivity contribution >= 4 is 5.91 Å². The molecule has 5 nitrogen and oxygen atoms in total. The van der Waals surface area contributed by atoms with Crippen LogP contribution in [-0.2, 0) is 16.8 Å². The summed E-state index contributed by atoms with van der Waals surface area (Å²) in [7, 11) is 1.71. The highest BCUT2D eigenvalue weighted by atomic mass is 16.5. The number of carbonyl (C=O) groups excluding carboxylic acids is 1. The second kappa shape index (κ2) is 5.35. The molecule has 3 heterocycles. The van der Waals surface area contributed by atoms with Crippen molar-refractivity contribution in [2.75, 3.05) is 20.2 Å². The van der Waals surface area contributed by atoms with Crippen molar-refractivity contribution in [3.8, 4) is 17.0 Å². The van der Waals surface area contributed by atoms with E-state index in [0.717, 1.165) is 68.1 Å². The molecular weight excluding hydrogens is 314 g/mol. The van der Waals surface area contributed by atoms with Gasteiger partial charge in [0.1, 0.15) is 11.6 Å². The molecule has 5 heteroatoms. The molecule has 5 rings (SSSR count). The van der Waals surface area contributed by atoms with Crippen molar-refractivity contribution in [2.24, 2.45) is 5.92 Å². The molecule has 1 aromatic carbocycles. The highest BCUT2D eigenvalue weighted by molar-refractivity contribution is 5.81. The molecule has 1 saturated heterocycles. The zero-order valence-electron chi connectivity index (χ0n) is 14.6. The Morgan fingerprint density at radius 3 is 2.84 bits per heavy atom. The Balaban J connectivity index is 1.48. The molecule has 0 N–H and O–H groups in total. The summed E-state index contributed by atoms with van der Waals surface area (Å²) in [6.45, 7) is 2.69. The van der Waals surface area contributed by atoms with E-state index in [0.29, 0.717) is 11.8 Å². The van der Waals surface area contributed by atoms with Gasteiger partial charge in [-0.2, -0.15) is 0 Å². The van der Waals surface area contributed by atoms with Crippen LogP contribution in [0.15, 0.2) is 30.5 Å². The van der Waals surface area contributed by atoms with E-state index in [1.54, 1.807) is 7.11 Å². The lowest BCUT2D eigenvalue weighted by atomic mass is 9.85. The molecule has 1 aliphatic carbocycles. The fraction of sp³-hybridized carbons (Fsp3) is 0.500. The van der Waals surface area contributed by atoms with Crippen LogP contribution in [-0.4, -0.2) is 40.6 Å². The third-order valence-corrected chi connectivity index (χ3v) is 6.12. The first kappa shape index (κ1) is 15.0. The molecule has 1 saturated carbocycles. The van der Waals surface area contributed by atoms with Gasteiger partial charge in [-0.25, -0.2) is 4.98 Å². The van der Waals surface area contributed by atoms with Gasteiger partial charge in [-0.15, -0.1) is 0 Å². The van der Waals surface area contributed by atoms with Crippen LogP contribution in [0.3, 0.4) is 0 Å². The van der Waals surface area contributed by atoms with Crippen molar-refractivity contribution in [1.29, 1.82) is 0 Å². The van der Waals surface area contributed by atoms with E-state index in [9.17, 15) is 4.79 Å². The third kappa shape index (κ3) is 2.21. The summed E-state index contributed by atoms with van der Waals surface area (Å²) >= 11 is 0. The van der Waals surface area contributed by atoms with Crippen molar-refractivity contribution < 1.29 is 9.53 Å². The molecule has 0 radical (unpaired) electrons. The third-order valence-electron chi connectivity index (χ3n) is 6.12. The highest BCUT2D eigenvalue weighted by Crippen LogP contribution is 2.46. The molecule has 1 aromatic heterocycles. The number of methoxy groups -OCH3 is 1. The Kier molecular flexibility index (Phi) is 3.21. The number of fused-ring (bicyclic) bond motifs is 2. The number of imidazole rings is 1. The molecule has 2 aliphatic heterocycles. The van der Waals surface area contributed by atoms with Crippen LogP contribution in [0.1, 0.15) is 31.5 Å². The lowest BCUT2D eigenvalue weighted by Crippen LogP contribution is -2.34. The minimum atomic E-state index is 0.0464. The molecule has 2 fully saturated rings. The monoisotopic (exact) mass is 337 g/mol. The van der Waals surface area contributed by atoms with Gasteiger partial charge in [0.15, 0.2) is 0 Å². The maximum atomic E-state index is 12.5. The van der Waals surface area contributed by atoms with Crippen LogP contribution in [0, 0.1) is 5.92 Å². The number of benzene rings is 1. The molecule has 3 aliphatic rings. The maximum absolute atomic E-state index is 12.5. The molecular formula is C20H23N3O2. The van der Waals surface area contributed by atoms with Gasteiger partial charge in [-0.05, 0) is 37.8 Å². The Morgan fingerprint density at radius 1 is 1.24 bits per heavy atom. The number of nitrogens with zero attached hydrogens (tertiary/aromatic N) is 3. The fourth-order valence-corrected chi connectivity index (χ4v) is 4.57. The Hall–Kier alpha value is -2.30. The number of rotatable bonds is 3. The predicted molar refractivity (Wildman–Crippen MR) is 94.4 cm³/mol. The topological polar surface area (TPSA) is 47.4 Å². The van der Waals surface area contributed by atoms with Gasteiger partial charge in [0.05, 0.1) is 19.0 Å². The Morgan fingerprint density at radius 2 is 2.04 bits per heavy atom. The van der Waals surface area contributed by atoms with Crippen molar-refractivity contribution in [2.45, 2.75) is 37.6 Å². The standard InChI is InChI=1S/C20H23N3O2/c1-25-17-5-3-2-4-15(17)16-12-21-19-20(9-11-23(16)19)8-10-22(13-20)18(24)14-6-7-14/h2-5,12,14H,6-11,13H2,1H3/t20-/m0/s1. The summed E-state index contributed by atoms with van der Waals surface area (Å²) in [5.74, 6) is 2.70. The fourth-order valence-electron chi connectivity index (χ4n) is 4.57. The quantitative estimate of drug-likeness (QED) is 0.865. The largest absolute Gasteiger partial charge is 0.496 e. The molecule has 130 valence electrons. The number of hydrogen-bond acceptors (Lipinski definition) is 3. The number of likely N-dealkylation sites (tertiary alicyclic amines) is 1. The number of aromatic nitrogens is 2. The Labute approximate surface area is 147 Å². The molecule has 1 atom stereocenters. The number of ether oxygens (including phenoxy) is 1. The second-order valence-corrected chi connectivity index (χ2v) is 7.63. The number of para-hydroxylation sites is 1. The molecule has 1 amide bonds. The summed E-state index contributed by atoms with van der Waals surface area (Å²) in [6, 6.07) is 8.11. The zero-order chi connectivity index (χ0) is 17.0. The second-order valence-electron chi connectivity index (χ2n) is 7.63. The summed E-state index contributed by atoms with van der Waals surface area (Å²) in [6.07, 6.45) is 6.24. The van der Waals surface area contributed by atoms with Gasteiger partial charge in [-0.1, -0.05) is 12.1 Å². The summed E-state index contributed by atoms with van der Waals surface area (Å²) in [4.78, 5) is 19.3. The smallest absolute Gasteiger partial charge is 0.225 e. The lowest BCUT2D eigenvalue weighted by Gasteiger charge is -2.22. The average molecular weight is 337 g/mol. The first-order chi connectivity index (χ1) is 12.2. The van der Waals surface area contributed by atoms with Gasteiger partial charge < -0.3 is 14.2 Å². The molecule has 0 bridgehead atoms. The minimum Gasteiger partial charge on any atom is -0.496 e. The predicted octanol–water partition coefficient (Wildman–Crippen LogP) is 2.84. The van der Waals surface area contributed by atoms with Crippen LogP contribution in [0.5, 0.6) is 5.75 Å². The van der Waals surface area contributed by atoms with Gasteiger partial charge >= 0.3 is 0 Å². The molecule has 1 spiro atoms. The lowest BCUT2D eigenvalue weighted by molar-refractivity contribution is -0.131. The highest BCUT2D eigenvalue weighted by Gasteiger charge is 2.49. The van der Waals surface area contributed by atoms with Crippen molar-refractivity contribution in [3.63, 3.8) is 0 Å². The van der Waals surface area contributed by atoms with E-state index in [4.69, 9.17) is 9.72 Å². The molecule has 0 unspecified atom stereocenters. The zero-order valence-corrected chi connectivity index (χ0v) is 14.6. The van der Waals surface area contributed by atoms with Crippen LogP contribution < -0.4 is 4.74 Å². The summed E-state index contributed by atoms with van der Waals surface area (Å²) in [5, 5.41) is 0. The summed E-state index contributed by atoms with van der Waals surface area (Å²) in [5.41, 5.74) is 2.26. The first-order valence-electron chi connectivity index (χ1n) is 9.20. The minimum absolute atomic E-state index is 0.0464. The van der Waals surface area contributed by atoms with Crippen LogP contribution >= 0.6 is 0 Å². The van der Waals surface area contributed by atoms with E-state index in [2.05, 4.69) is 15.5 Å². The maximum Gasteiger partial charge on any atom is 0.225 e. The average Bonchev–Trinajstić information content (AvgIpc) is 3.12. The van der Waals surface area contributed by atoms with Crippen molar-refractivity contribution in [3.05, 3.63) is 36.3 Å². The SMILES string of the molecule is COc1ccccc1-c1cnc2n1CC[C@]21CCN(C(=O)C2CC2)C1. The van der Waals surface area contributed by atoms with E-state index in [1.807, 2.05) is 24.4 Å². The van der Waals surface area contributed by atoms with E-state index in [-0.39, 0.29) is 5.41 Å². The molecule has 2 aromatic rings. The van der Waals surface area contributed by atoms with Gasteiger partial charge in [0.2, 0.25) is 5.91 Å². The van der Waals surface area contributed by atoms with Gasteiger partial charge in [-0.3, -0.25) is 4.79 Å².